The van der Waals surface area contributed by atoms with Crippen molar-refractivity contribution in [1.29, 1.82) is 0 Å². The molecule has 0 unspecified atom stereocenters. The van der Waals surface area contributed by atoms with E-state index in [-0.39, 0.29) is 0 Å². The Bertz CT molecular complexity index is 1270. The lowest BCUT2D eigenvalue weighted by Crippen LogP contribution is -1.99. The molecule has 5 aromatic rings. The summed E-state index contributed by atoms with van der Waals surface area (Å²) < 4.78 is 1.96. The van der Waals surface area contributed by atoms with E-state index in [1.807, 2.05) is 41.1 Å². The second kappa shape index (κ2) is 6.83. The van der Waals surface area contributed by atoms with Gasteiger partial charge in [-0.2, -0.15) is 0 Å². The fourth-order valence-corrected chi connectivity index (χ4v) is 3.35. The zero-order valence-electron chi connectivity index (χ0n) is 15.2. The van der Waals surface area contributed by atoms with Gasteiger partial charge in [-0.15, -0.1) is 10.2 Å². The number of hydrogen-bond acceptors (Lipinski definition) is 5. The van der Waals surface area contributed by atoms with Crippen LogP contribution in [0.25, 0.3) is 27.8 Å². The molecule has 0 radical (unpaired) electrons. The van der Waals surface area contributed by atoms with E-state index in [0.29, 0.717) is 18.7 Å². The molecule has 0 aliphatic heterocycles. The molecule has 0 atom stereocenters. The van der Waals surface area contributed by atoms with Crippen LogP contribution in [0.1, 0.15) is 17.0 Å². The quantitative estimate of drug-likeness (QED) is 0.527. The Morgan fingerprint density at radius 1 is 0.857 bits per heavy atom. The summed E-state index contributed by atoms with van der Waals surface area (Å²) in [4.78, 5) is 8.84. The Labute approximate surface area is 161 Å². The topological polar surface area (TPSA) is 82.0 Å². The lowest BCUT2D eigenvalue weighted by molar-refractivity contribution is 0.934. The van der Waals surface area contributed by atoms with Crippen LogP contribution in [-0.4, -0.2) is 24.6 Å². The van der Waals surface area contributed by atoms with Crippen molar-refractivity contribution in [2.24, 2.45) is 5.73 Å². The van der Waals surface area contributed by atoms with E-state index in [2.05, 4.69) is 50.5 Å². The van der Waals surface area contributed by atoms with Crippen molar-refractivity contribution in [1.82, 2.24) is 24.6 Å². The van der Waals surface area contributed by atoms with Gasteiger partial charge in [-0.3, -0.25) is 9.38 Å². The highest BCUT2D eigenvalue weighted by atomic mass is 15.3. The highest BCUT2D eigenvalue weighted by Gasteiger charge is 2.10. The molecule has 5 rings (SSSR count). The zero-order chi connectivity index (χ0) is 18.9. The van der Waals surface area contributed by atoms with Crippen molar-refractivity contribution < 1.29 is 0 Å². The van der Waals surface area contributed by atoms with Gasteiger partial charge in [-0.05, 0) is 34.9 Å². The predicted octanol–water partition coefficient (Wildman–Crippen LogP) is 3.39. The average Bonchev–Trinajstić information content (AvgIpc) is 3.16. The lowest BCUT2D eigenvalue weighted by atomic mass is 10.1. The molecular formula is C22H18N6. The third-order valence-corrected chi connectivity index (χ3v) is 4.89. The minimum Gasteiger partial charge on any atom is -0.326 e. The first-order chi connectivity index (χ1) is 13.8. The van der Waals surface area contributed by atoms with Crippen molar-refractivity contribution in [3.05, 3.63) is 90.1 Å². The van der Waals surface area contributed by atoms with E-state index in [1.54, 1.807) is 6.20 Å². The second-order valence-corrected chi connectivity index (χ2v) is 6.74. The van der Waals surface area contributed by atoms with Gasteiger partial charge >= 0.3 is 0 Å². The molecule has 2 N–H and O–H groups in total. The number of pyridine rings is 1. The van der Waals surface area contributed by atoms with Crippen LogP contribution in [-0.2, 0) is 13.0 Å². The first-order valence-corrected chi connectivity index (χ1v) is 9.13. The largest absolute Gasteiger partial charge is 0.326 e. The molecule has 0 bridgehead atoms. The molecule has 6 heteroatoms. The maximum absolute atomic E-state index is 5.69. The fourth-order valence-electron chi connectivity index (χ4n) is 3.35. The first-order valence-electron chi connectivity index (χ1n) is 9.13. The van der Waals surface area contributed by atoms with Gasteiger partial charge in [0.1, 0.15) is 5.82 Å². The van der Waals surface area contributed by atoms with E-state index in [4.69, 9.17) is 5.73 Å². The molecule has 3 heterocycles. The van der Waals surface area contributed by atoms with Crippen LogP contribution >= 0.6 is 0 Å². The standard InChI is InChI=1S/C22H18N6/c23-12-15-3-6-17(7-4-15)19-13-25-22-27-26-21(28(22)14-19)11-16-5-8-20-18(10-16)2-1-9-24-20/h1-10,13-14H,11-12,23H2. The second-order valence-electron chi connectivity index (χ2n) is 6.74. The molecular weight excluding hydrogens is 348 g/mol. The smallest absolute Gasteiger partial charge is 0.254 e. The van der Waals surface area contributed by atoms with Crippen molar-refractivity contribution in [3.63, 3.8) is 0 Å². The lowest BCUT2D eigenvalue weighted by Gasteiger charge is -2.06. The van der Waals surface area contributed by atoms with Gasteiger partial charge < -0.3 is 5.73 Å². The molecule has 6 nitrogen and oxygen atoms in total. The molecule has 0 amide bonds. The van der Waals surface area contributed by atoms with E-state index < -0.39 is 0 Å². The van der Waals surface area contributed by atoms with E-state index in [9.17, 15) is 0 Å². The van der Waals surface area contributed by atoms with Gasteiger partial charge in [0, 0.05) is 42.5 Å². The van der Waals surface area contributed by atoms with Crippen LogP contribution in [0.3, 0.4) is 0 Å². The Kier molecular flexibility index (Phi) is 4.03. The van der Waals surface area contributed by atoms with Gasteiger partial charge in [0.05, 0.1) is 5.52 Å². The summed E-state index contributed by atoms with van der Waals surface area (Å²) in [6.07, 6.45) is 6.34. The van der Waals surface area contributed by atoms with E-state index in [1.165, 1.54) is 0 Å². The minimum absolute atomic E-state index is 0.536. The van der Waals surface area contributed by atoms with E-state index >= 15 is 0 Å². The number of aromatic nitrogens is 5. The molecule has 0 aliphatic rings. The number of nitrogens with two attached hydrogens (primary N) is 1. The molecule has 0 spiro atoms. The number of rotatable bonds is 4. The third-order valence-electron chi connectivity index (χ3n) is 4.89. The number of benzene rings is 2. The van der Waals surface area contributed by atoms with Gasteiger partial charge in [0.15, 0.2) is 0 Å². The molecule has 0 aliphatic carbocycles. The summed E-state index contributed by atoms with van der Waals surface area (Å²) in [6.45, 7) is 0.536. The van der Waals surface area contributed by atoms with Gasteiger partial charge in [0.2, 0.25) is 0 Å². The minimum atomic E-state index is 0.536. The third kappa shape index (κ3) is 3.00. The Hall–Kier alpha value is -3.64. The summed E-state index contributed by atoms with van der Waals surface area (Å²) in [6, 6.07) is 18.5. The van der Waals surface area contributed by atoms with E-state index in [0.717, 1.165) is 39.0 Å². The van der Waals surface area contributed by atoms with Gasteiger partial charge in [0.25, 0.3) is 5.78 Å². The molecule has 0 saturated carbocycles. The highest BCUT2D eigenvalue weighted by Crippen LogP contribution is 2.21. The Balaban J connectivity index is 1.51. The summed E-state index contributed by atoms with van der Waals surface area (Å²) in [5.41, 5.74) is 11.0. The normalized spacial score (nSPS) is 11.3. The summed E-state index contributed by atoms with van der Waals surface area (Å²) in [5, 5.41) is 9.68. The molecule has 2 aromatic carbocycles. The number of nitrogens with zero attached hydrogens (tertiary/aromatic N) is 5. The molecule has 0 fully saturated rings. The van der Waals surface area contributed by atoms with Crippen molar-refractivity contribution in [2.75, 3.05) is 0 Å². The molecule has 136 valence electrons. The molecule has 28 heavy (non-hydrogen) atoms. The number of hydrogen-bond donors (Lipinski definition) is 1. The maximum Gasteiger partial charge on any atom is 0.254 e. The average molecular weight is 366 g/mol. The van der Waals surface area contributed by atoms with Crippen LogP contribution in [0, 0.1) is 0 Å². The summed E-state index contributed by atoms with van der Waals surface area (Å²) in [7, 11) is 0. The van der Waals surface area contributed by atoms with Crippen LogP contribution in [0.2, 0.25) is 0 Å². The fraction of sp³-hybridized carbons (Fsp3) is 0.0909. The summed E-state index contributed by atoms with van der Waals surface area (Å²) >= 11 is 0. The molecule has 3 aromatic heterocycles. The van der Waals surface area contributed by atoms with Crippen LogP contribution < -0.4 is 5.73 Å². The zero-order valence-corrected chi connectivity index (χ0v) is 15.2. The Morgan fingerprint density at radius 3 is 2.57 bits per heavy atom. The van der Waals surface area contributed by atoms with Gasteiger partial charge in [-0.25, -0.2) is 4.98 Å². The first kappa shape index (κ1) is 16.5. The summed E-state index contributed by atoms with van der Waals surface area (Å²) in [5.74, 6) is 1.45. The Morgan fingerprint density at radius 2 is 1.71 bits per heavy atom. The van der Waals surface area contributed by atoms with Crippen LogP contribution in [0.4, 0.5) is 0 Å². The maximum atomic E-state index is 5.69. The molecule has 0 saturated heterocycles. The monoisotopic (exact) mass is 366 g/mol. The van der Waals surface area contributed by atoms with Crippen molar-refractivity contribution in [3.8, 4) is 11.1 Å². The predicted molar refractivity (Wildman–Crippen MR) is 109 cm³/mol. The van der Waals surface area contributed by atoms with Crippen molar-refractivity contribution >= 4 is 16.7 Å². The highest BCUT2D eigenvalue weighted by molar-refractivity contribution is 5.79. The van der Waals surface area contributed by atoms with Crippen molar-refractivity contribution in [2.45, 2.75) is 13.0 Å². The van der Waals surface area contributed by atoms with Crippen LogP contribution in [0.5, 0.6) is 0 Å². The number of fused-ring (bicyclic) bond motifs is 2. The van der Waals surface area contributed by atoms with Gasteiger partial charge in [-0.1, -0.05) is 36.4 Å². The van der Waals surface area contributed by atoms with Crippen LogP contribution in [0.15, 0.2) is 73.2 Å². The SMILES string of the molecule is NCc1ccc(-c2cnc3nnc(Cc4ccc5ncccc5c4)n3c2)cc1.